The molecule has 0 spiro atoms. The molecule has 0 radical (unpaired) electrons. The molecule has 0 saturated heterocycles. The van der Waals surface area contributed by atoms with E-state index in [1.807, 2.05) is 0 Å². The summed E-state index contributed by atoms with van der Waals surface area (Å²) in [6, 6.07) is 2.89. The van der Waals surface area contributed by atoms with Gasteiger partial charge in [-0.3, -0.25) is 4.55 Å². The van der Waals surface area contributed by atoms with Gasteiger partial charge in [0, 0.05) is 22.8 Å². The van der Waals surface area contributed by atoms with Crippen molar-refractivity contribution in [1.29, 1.82) is 0 Å². The number of benzene rings is 1. The van der Waals surface area contributed by atoms with E-state index in [4.69, 9.17) is 16.3 Å². The Morgan fingerprint density at radius 2 is 2.19 bits per heavy atom. The zero-order valence-corrected chi connectivity index (χ0v) is 13.6. The van der Waals surface area contributed by atoms with Crippen LogP contribution in [0.25, 0.3) is 0 Å². The first-order valence-corrected chi connectivity index (χ1v) is 8.45. The lowest BCUT2D eigenvalue weighted by atomic mass is 10.2. The fraction of sp³-hybridized carbons (Fsp3) is 0.250. The van der Waals surface area contributed by atoms with Crippen molar-refractivity contribution in [1.82, 2.24) is 4.98 Å². The Labute approximate surface area is 131 Å². The van der Waals surface area contributed by atoms with Gasteiger partial charge >= 0.3 is 0 Å². The Kier molecular flexibility index (Phi) is 4.72. The van der Waals surface area contributed by atoms with Gasteiger partial charge in [0.2, 0.25) is 0 Å². The van der Waals surface area contributed by atoms with E-state index in [0.29, 0.717) is 22.3 Å². The van der Waals surface area contributed by atoms with Gasteiger partial charge in [0.25, 0.3) is 10.1 Å². The van der Waals surface area contributed by atoms with Crippen LogP contribution in [0.2, 0.25) is 4.47 Å². The van der Waals surface area contributed by atoms with Gasteiger partial charge in [-0.05, 0) is 18.6 Å². The van der Waals surface area contributed by atoms with Crippen LogP contribution in [0.4, 0.5) is 5.69 Å². The number of nitrogens with one attached hydrogen (secondary N) is 1. The molecule has 0 bridgehead atoms. The van der Waals surface area contributed by atoms with Crippen molar-refractivity contribution in [2.45, 2.75) is 18.4 Å². The van der Waals surface area contributed by atoms with Crippen LogP contribution in [0, 0.1) is 6.92 Å². The van der Waals surface area contributed by atoms with Crippen molar-refractivity contribution in [3.63, 3.8) is 0 Å². The number of hydrogen-bond acceptors (Lipinski definition) is 6. The van der Waals surface area contributed by atoms with Gasteiger partial charge in [0.1, 0.15) is 10.6 Å². The molecule has 21 heavy (non-hydrogen) atoms. The molecule has 0 aliphatic carbocycles. The molecular formula is C12H13ClN2O4S2. The Morgan fingerprint density at radius 3 is 2.71 bits per heavy atom. The third kappa shape index (κ3) is 3.85. The molecule has 0 fully saturated rings. The lowest BCUT2D eigenvalue weighted by Crippen LogP contribution is -2.05. The van der Waals surface area contributed by atoms with E-state index >= 15 is 0 Å². The first kappa shape index (κ1) is 16.0. The second-order valence-corrected chi connectivity index (χ2v) is 7.31. The molecule has 6 nitrogen and oxygen atoms in total. The molecule has 0 amide bonds. The summed E-state index contributed by atoms with van der Waals surface area (Å²) >= 11 is 7.11. The van der Waals surface area contributed by atoms with E-state index in [1.165, 1.54) is 30.6 Å². The maximum Gasteiger partial charge on any atom is 0.298 e. The van der Waals surface area contributed by atoms with Crippen molar-refractivity contribution in [2.75, 3.05) is 12.4 Å². The molecule has 0 aliphatic rings. The lowest BCUT2D eigenvalue weighted by molar-refractivity contribution is 0.397. The Bertz CT molecular complexity index is 759. The zero-order valence-electron chi connectivity index (χ0n) is 11.3. The summed E-state index contributed by atoms with van der Waals surface area (Å²) in [7, 11) is -2.99. The standard InChI is InChI=1S/C12H13ClN2O4S2/c1-7-3-11(21(16,17)18)10(19-2)4-9(7)14-5-8-6-15-12(13)20-8/h3-4,6,14H,5H2,1-2H3,(H,16,17,18). The van der Waals surface area contributed by atoms with E-state index in [-0.39, 0.29) is 10.6 Å². The molecule has 9 heteroatoms. The summed E-state index contributed by atoms with van der Waals surface area (Å²) < 4.78 is 37.2. The van der Waals surface area contributed by atoms with Crippen LogP contribution in [0.15, 0.2) is 23.2 Å². The summed E-state index contributed by atoms with van der Waals surface area (Å²) in [4.78, 5) is 4.62. The minimum absolute atomic E-state index is 0.0768. The molecular weight excluding hydrogens is 336 g/mol. The fourth-order valence-electron chi connectivity index (χ4n) is 1.76. The predicted molar refractivity (Wildman–Crippen MR) is 82.0 cm³/mol. The first-order chi connectivity index (χ1) is 9.81. The van der Waals surface area contributed by atoms with Gasteiger partial charge in [0.15, 0.2) is 4.47 Å². The highest BCUT2D eigenvalue weighted by molar-refractivity contribution is 7.86. The summed E-state index contributed by atoms with van der Waals surface area (Å²) in [5, 5.41) is 3.15. The number of methoxy groups -OCH3 is 1. The van der Waals surface area contributed by atoms with Gasteiger partial charge in [-0.15, -0.1) is 11.3 Å². The molecule has 1 aromatic heterocycles. The van der Waals surface area contributed by atoms with Crippen LogP contribution < -0.4 is 10.1 Å². The number of ether oxygens (including phenoxy) is 1. The van der Waals surface area contributed by atoms with Crippen LogP contribution in [0.1, 0.15) is 10.4 Å². The average Bonchev–Trinajstić information content (AvgIpc) is 2.81. The van der Waals surface area contributed by atoms with Crippen LogP contribution in [-0.4, -0.2) is 25.1 Å². The zero-order chi connectivity index (χ0) is 15.6. The Morgan fingerprint density at radius 1 is 1.48 bits per heavy atom. The lowest BCUT2D eigenvalue weighted by Gasteiger charge is -2.13. The van der Waals surface area contributed by atoms with Crippen molar-refractivity contribution in [3.8, 4) is 5.75 Å². The number of nitrogens with zero attached hydrogens (tertiary/aromatic N) is 1. The molecule has 1 aromatic carbocycles. The SMILES string of the molecule is COc1cc(NCc2cnc(Cl)s2)c(C)cc1S(=O)(=O)O. The molecule has 0 saturated carbocycles. The van der Waals surface area contributed by atoms with Crippen LogP contribution in [0.3, 0.4) is 0 Å². The summed E-state index contributed by atoms with van der Waals surface area (Å²) in [6.07, 6.45) is 1.67. The van der Waals surface area contributed by atoms with Crippen molar-refractivity contribution in [3.05, 3.63) is 33.2 Å². The number of hydrogen-bond donors (Lipinski definition) is 2. The number of anilines is 1. The highest BCUT2D eigenvalue weighted by atomic mass is 35.5. The molecule has 2 N–H and O–H groups in total. The monoisotopic (exact) mass is 348 g/mol. The predicted octanol–water partition coefficient (Wildman–Crippen LogP) is 2.97. The summed E-state index contributed by atoms with van der Waals surface area (Å²) in [5.74, 6) is 0.0768. The minimum Gasteiger partial charge on any atom is -0.495 e. The number of halogens is 1. The van der Waals surface area contributed by atoms with Crippen LogP contribution >= 0.6 is 22.9 Å². The smallest absolute Gasteiger partial charge is 0.298 e. The molecule has 2 rings (SSSR count). The third-order valence-electron chi connectivity index (χ3n) is 2.77. The summed E-state index contributed by atoms with van der Waals surface area (Å²) in [5.41, 5.74) is 1.36. The Balaban J connectivity index is 2.28. The van der Waals surface area contributed by atoms with Gasteiger partial charge in [-0.1, -0.05) is 11.6 Å². The number of aryl methyl sites for hydroxylation is 1. The number of rotatable bonds is 5. The molecule has 0 atom stereocenters. The van der Waals surface area contributed by atoms with E-state index in [0.717, 1.165) is 4.88 Å². The second-order valence-electron chi connectivity index (χ2n) is 4.23. The van der Waals surface area contributed by atoms with Crippen LogP contribution in [0.5, 0.6) is 5.75 Å². The van der Waals surface area contributed by atoms with Gasteiger partial charge in [-0.25, -0.2) is 4.98 Å². The maximum atomic E-state index is 11.3. The van der Waals surface area contributed by atoms with Crippen molar-refractivity contribution >= 4 is 38.7 Å². The largest absolute Gasteiger partial charge is 0.495 e. The van der Waals surface area contributed by atoms with Gasteiger partial charge in [-0.2, -0.15) is 8.42 Å². The van der Waals surface area contributed by atoms with E-state index in [1.54, 1.807) is 13.1 Å². The highest BCUT2D eigenvalue weighted by Gasteiger charge is 2.18. The minimum atomic E-state index is -4.33. The van der Waals surface area contributed by atoms with Crippen molar-refractivity contribution in [2.24, 2.45) is 0 Å². The number of aromatic nitrogens is 1. The van der Waals surface area contributed by atoms with E-state index in [9.17, 15) is 13.0 Å². The molecule has 1 heterocycles. The number of thiazole rings is 1. The summed E-state index contributed by atoms with van der Waals surface area (Å²) in [6.45, 7) is 2.23. The first-order valence-electron chi connectivity index (χ1n) is 5.81. The topological polar surface area (TPSA) is 88.5 Å². The Hall–Kier alpha value is -1.35. The van der Waals surface area contributed by atoms with Crippen molar-refractivity contribution < 1.29 is 17.7 Å². The highest BCUT2D eigenvalue weighted by Crippen LogP contribution is 2.31. The van der Waals surface area contributed by atoms with Crippen LogP contribution in [-0.2, 0) is 16.7 Å². The van der Waals surface area contributed by atoms with Gasteiger partial charge < -0.3 is 10.1 Å². The maximum absolute atomic E-state index is 11.3. The molecule has 114 valence electrons. The van der Waals surface area contributed by atoms with Gasteiger partial charge in [0.05, 0.1) is 13.7 Å². The normalized spacial score (nSPS) is 11.4. The molecule has 2 aromatic rings. The third-order valence-corrected chi connectivity index (χ3v) is 4.76. The second kappa shape index (κ2) is 6.18. The quantitative estimate of drug-likeness (QED) is 0.807. The van der Waals surface area contributed by atoms with E-state index < -0.39 is 10.1 Å². The molecule has 0 aliphatic heterocycles. The van der Waals surface area contributed by atoms with E-state index in [2.05, 4.69) is 10.3 Å². The fourth-order valence-corrected chi connectivity index (χ4v) is 3.40. The average molecular weight is 349 g/mol. The molecule has 0 unspecified atom stereocenters.